The summed E-state index contributed by atoms with van der Waals surface area (Å²) in [6.07, 6.45) is 4.08. The summed E-state index contributed by atoms with van der Waals surface area (Å²) in [7, 11) is 1.81. The molecule has 0 bridgehead atoms. The first-order valence-corrected chi connectivity index (χ1v) is 10.8. The molecule has 2 aromatic carbocycles. The van der Waals surface area contributed by atoms with E-state index in [0.717, 1.165) is 48.5 Å². The van der Waals surface area contributed by atoms with Gasteiger partial charge in [-0.15, -0.1) is 0 Å². The molecule has 0 unspecified atom stereocenters. The molecule has 1 aromatic heterocycles. The highest BCUT2D eigenvalue weighted by molar-refractivity contribution is 5.96. The molecule has 1 fully saturated rings. The van der Waals surface area contributed by atoms with Gasteiger partial charge in [0.05, 0.1) is 0 Å². The van der Waals surface area contributed by atoms with E-state index in [-0.39, 0.29) is 11.8 Å². The summed E-state index contributed by atoms with van der Waals surface area (Å²) in [5, 5.41) is 4.14. The Morgan fingerprint density at radius 2 is 1.87 bits per heavy atom. The molecule has 160 valence electrons. The minimum absolute atomic E-state index is 0.0286. The maximum absolute atomic E-state index is 12.7. The van der Waals surface area contributed by atoms with Crippen molar-refractivity contribution in [3.8, 4) is 11.3 Å². The van der Waals surface area contributed by atoms with Crippen molar-refractivity contribution < 1.29 is 14.1 Å². The zero-order valence-corrected chi connectivity index (χ0v) is 17.8. The van der Waals surface area contributed by atoms with Gasteiger partial charge in [0.25, 0.3) is 5.91 Å². The zero-order valence-electron chi connectivity index (χ0n) is 17.8. The number of carbonyl (C=O) groups is 2. The molecule has 31 heavy (non-hydrogen) atoms. The minimum atomic E-state index is -0.0286. The van der Waals surface area contributed by atoms with Crippen molar-refractivity contribution in [2.75, 3.05) is 25.0 Å². The summed E-state index contributed by atoms with van der Waals surface area (Å²) in [4.78, 5) is 28.3. The lowest BCUT2D eigenvalue weighted by atomic mass is 10.1. The molecule has 0 saturated carbocycles. The molecule has 3 aromatic rings. The van der Waals surface area contributed by atoms with Crippen LogP contribution in [-0.4, -0.2) is 42.0 Å². The third kappa shape index (κ3) is 5.02. The van der Waals surface area contributed by atoms with Crippen molar-refractivity contribution in [3.63, 3.8) is 0 Å². The largest absolute Gasteiger partial charge is 0.361 e. The minimum Gasteiger partial charge on any atom is -0.361 e. The number of hydrogen-bond donors (Lipinski definition) is 0. The van der Waals surface area contributed by atoms with Gasteiger partial charge in [-0.25, -0.2) is 0 Å². The Labute approximate surface area is 182 Å². The molecule has 1 aliphatic rings. The fourth-order valence-electron chi connectivity index (χ4n) is 3.85. The van der Waals surface area contributed by atoms with Crippen LogP contribution in [0, 0.1) is 0 Å². The second-order valence-corrected chi connectivity index (χ2v) is 7.92. The number of hydrogen-bond acceptors (Lipinski definition) is 4. The van der Waals surface area contributed by atoms with Gasteiger partial charge in [0.15, 0.2) is 0 Å². The summed E-state index contributed by atoms with van der Waals surface area (Å²) in [6, 6.07) is 19.2. The Morgan fingerprint density at radius 1 is 1.10 bits per heavy atom. The van der Waals surface area contributed by atoms with E-state index in [4.69, 9.17) is 4.52 Å². The van der Waals surface area contributed by atoms with E-state index in [0.29, 0.717) is 24.9 Å². The van der Waals surface area contributed by atoms with Gasteiger partial charge in [-0.1, -0.05) is 35.5 Å². The van der Waals surface area contributed by atoms with Crippen LogP contribution in [-0.2, 0) is 11.2 Å². The van der Waals surface area contributed by atoms with Gasteiger partial charge in [0.1, 0.15) is 11.5 Å². The summed E-state index contributed by atoms with van der Waals surface area (Å²) >= 11 is 0. The van der Waals surface area contributed by atoms with Gasteiger partial charge in [-0.3, -0.25) is 9.59 Å². The summed E-state index contributed by atoms with van der Waals surface area (Å²) in [5.41, 5.74) is 3.34. The molecule has 6 heteroatoms. The molecule has 0 aliphatic carbocycles. The smallest absolute Gasteiger partial charge is 0.253 e. The number of nitrogens with zero attached hydrogens (tertiary/aromatic N) is 3. The quantitative estimate of drug-likeness (QED) is 0.565. The van der Waals surface area contributed by atoms with Crippen LogP contribution < -0.4 is 4.90 Å². The molecule has 0 spiro atoms. The van der Waals surface area contributed by atoms with Gasteiger partial charge in [-0.05, 0) is 43.5 Å². The molecular formula is C25H27N3O3. The highest BCUT2D eigenvalue weighted by atomic mass is 16.5. The van der Waals surface area contributed by atoms with Gasteiger partial charge in [-0.2, -0.15) is 0 Å². The number of rotatable bonds is 7. The second kappa shape index (κ2) is 9.60. The molecule has 1 aliphatic heterocycles. The Hall–Kier alpha value is -3.41. The molecule has 2 amide bonds. The monoisotopic (exact) mass is 417 g/mol. The molecule has 1 saturated heterocycles. The maximum Gasteiger partial charge on any atom is 0.253 e. The van der Waals surface area contributed by atoms with Crippen molar-refractivity contribution in [2.45, 2.75) is 32.1 Å². The number of aryl methyl sites for hydroxylation is 1. The third-order valence-corrected chi connectivity index (χ3v) is 5.64. The predicted molar refractivity (Wildman–Crippen MR) is 120 cm³/mol. The van der Waals surface area contributed by atoms with Gasteiger partial charge < -0.3 is 14.3 Å². The molecule has 4 rings (SSSR count). The van der Waals surface area contributed by atoms with E-state index < -0.39 is 0 Å². The third-order valence-electron chi connectivity index (χ3n) is 5.64. The maximum atomic E-state index is 12.7. The lowest BCUT2D eigenvalue weighted by Crippen LogP contribution is -2.35. The number of aromatic nitrogens is 1. The van der Waals surface area contributed by atoms with Crippen LogP contribution in [0.1, 0.15) is 41.8 Å². The highest BCUT2D eigenvalue weighted by Gasteiger charge is 2.20. The van der Waals surface area contributed by atoms with Crippen molar-refractivity contribution >= 4 is 17.5 Å². The van der Waals surface area contributed by atoms with Gasteiger partial charge >= 0.3 is 0 Å². The Kier molecular flexibility index (Phi) is 6.46. The van der Waals surface area contributed by atoms with E-state index in [1.54, 1.807) is 24.1 Å². The van der Waals surface area contributed by atoms with Crippen molar-refractivity contribution in [2.24, 2.45) is 0 Å². The lowest BCUT2D eigenvalue weighted by Gasteiger charge is -2.27. The Bertz CT molecular complexity index is 1030. The number of benzene rings is 2. The molecule has 2 heterocycles. The Balaban J connectivity index is 1.29. The SMILES string of the molecule is CN(CCCc1cc(-c2ccccc2)no1)C(=O)c1ccc(N2CCCCC2=O)cc1. The first kappa shape index (κ1) is 20.8. The fraction of sp³-hybridized carbons (Fsp3) is 0.320. The van der Waals surface area contributed by atoms with Crippen LogP contribution in [0.5, 0.6) is 0 Å². The Morgan fingerprint density at radius 3 is 2.61 bits per heavy atom. The van der Waals surface area contributed by atoms with Crippen molar-refractivity contribution in [3.05, 3.63) is 72.0 Å². The number of anilines is 1. The van der Waals surface area contributed by atoms with E-state index in [1.165, 1.54) is 0 Å². The van der Waals surface area contributed by atoms with E-state index in [9.17, 15) is 9.59 Å². The van der Waals surface area contributed by atoms with E-state index in [1.807, 2.05) is 53.4 Å². The molecule has 0 N–H and O–H groups in total. The number of carbonyl (C=O) groups excluding carboxylic acids is 2. The van der Waals surface area contributed by atoms with E-state index in [2.05, 4.69) is 5.16 Å². The average Bonchev–Trinajstić information content (AvgIpc) is 3.28. The van der Waals surface area contributed by atoms with E-state index >= 15 is 0 Å². The van der Waals surface area contributed by atoms with Crippen LogP contribution in [0.15, 0.2) is 65.2 Å². The first-order chi connectivity index (χ1) is 15.1. The van der Waals surface area contributed by atoms with Gasteiger partial charge in [0, 0.05) is 55.9 Å². The van der Waals surface area contributed by atoms with Crippen molar-refractivity contribution in [1.29, 1.82) is 0 Å². The van der Waals surface area contributed by atoms with Crippen LogP contribution in [0.25, 0.3) is 11.3 Å². The van der Waals surface area contributed by atoms with Crippen molar-refractivity contribution in [1.82, 2.24) is 10.1 Å². The average molecular weight is 418 g/mol. The summed E-state index contributed by atoms with van der Waals surface area (Å²) in [5.74, 6) is 0.944. The summed E-state index contributed by atoms with van der Waals surface area (Å²) in [6.45, 7) is 1.37. The normalized spacial score (nSPS) is 14.0. The first-order valence-electron chi connectivity index (χ1n) is 10.8. The van der Waals surface area contributed by atoms with Crippen LogP contribution >= 0.6 is 0 Å². The topological polar surface area (TPSA) is 66.7 Å². The van der Waals surface area contributed by atoms with Gasteiger partial charge in [0.2, 0.25) is 5.91 Å². The molecule has 0 radical (unpaired) electrons. The van der Waals surface area contributed by atoms with Crippen LogP contribution in [0.2, 0.25) is 0 Å². The highest BCUT2D eigenvalue weighted by Crippen LogP contribution is 2.22. The molecular weight excluding hydrogens is 390 g/mol. The van der Waals surface area contributed by atoms with Crippen LogP contribution in [0.3, 0.4) is 0 Å². The number of amides is 2. The molecule has 6 nitrogen and oxygen atoms in total. The predicted octanol–water partition coefficient (Wildman–Crippen LogP) is 4.56. The standard InChI is InChI=1S/C25H27N3O3/c1-27(16-7-10-22-18-23(26-31-22)19-8-3-2-4-9-19)25(30)20-12-14-21(15-13-20)28-17-6-5-11-24(28)29/h2-4,8-9,12-15,18H,5-7,10-11,16-17H2,1H3. The molecule has 0 atom stereocenters. The summed E-state index contributed by atoms with van der Waals surface area (Å²) < 4.78 is 5.44. The number of piperidine rings is 1. The fourth-order valence-corrected chi connectivity index (χ4v) is 3.85. The second-order valence-electron chi connectivity index (χ2n) is 7.92. The zero-order chi connectivity index (χ0) is 21.6. The van der Waals surface area contributed by atoms with Crippen LogP contribution in [0.4, 0.5) is 5.69 Å². The lowest BCUT2D eigenvalue weighted by molar-refractivity contribution is -0.119.